The molecule has 0 bridgehead atoms. The molecule has 2 rings (SSSR count). The van der Waals surface area contributed by atoms with E-state index in [1.165, 1.54) is 0 Å². The van der Waals surface area contributed by atoms with Crippen molar-refractivity contribution in [2.24, 2.45) is 4.99 Å². The number of amides is 1. The van der Waals surface area contributed by atoms with Gasteiger partial charge in [-0.1, -0.05) is 6.58 Å². The molecule has 0 aromatic rings. The van der Waals surface area contributed by atoms with Crippen LogP contribution < -0.4 is 5.32 Å². The lowest BCUT2D eigenvalue weighted by molar-refractivity contribution is 0.154. The first kappa shape index (κ1) is 10.7. The van der Waals surface area contributed by atoms with Crippen LogP contribution in [-0.4, -0.2) is 42.9 Å². The van der Waals surface area contributed by atoms with Crippen molar-refractivity contribution < 1.29 is 9.53 Å². The molecule has 0 spiro atoms. The van der Waals surface area contributed by atoms with Crippen molar-refractivity contribution in [3.8, 4) is 0 Å². The Morgan fingerprint density at radius 1 is 1.75 bits per heavy atom. The molecule has 0 aromatic carbocycles. The van der Waals surface area contributed by atoms with Crippen LogP contribution in [0.25, 0.3) is 0 Å². The molecule has 0 aromatic heterocycles. The van der Waals surface area contributed by atoms with E-state index in [4.69, 9.17) is 4.74 Å². The van der Waals surface area contributed by atoms with Crippen molar-refractivity contribution in [2.45, 2.75) is 13.0 Å². The first-order chi connectivity index (χ1) is 7.68. The predicted molar refractivity (Wildman–Crippen MR) is 61.2 cm³/mol. The Labute approximate surface area is 94.5 Å². The van der Waals surface area contributed by atoms with Crippen LogP contribution in [0.2, 0.25) is 0 Å². The van der Waals surface area contributed by atoms with Crippen LogP contribution in [0.3, 0.4) is 0 Å². The third kappa shape index (κ3) is 2.08. The van der Waals surface area contributed by atoms with Crippen LogP contribution in [0.15, 0.2) is 29.0 Å². The standard InChI is InChI=1S/C11H15N3O2/c1-8(14-5-6-16-11(14)15)7-10-9(2)12-3-4-13-10/h4,7-8,12H,2-3,5-6H2,1H3/b10-7+/t8-/m1/s1. The minimum absolute atomic E-state index is 0.0289. The highest BCUT2D eigenvalue weighted by Crippen LogP contribution is 2.15. The normalized spacial score (nSPS) is 24.6. The van der Waals surface area contributed by atoms with Gasteiger partial charge in [0.15, 0.2) is 0 Å². The molecule has 5 nitrogen and oxygen atoms in total. The molecule has 1 atom stereocenters. The molecule has 0 radical (unpaired) electrons. The maximum Gasteiger partial charge on any atom is 0.410 e. The molecular formula is C11H15N3O2. The smallest absolute Gasteiger partial charge is 0.410 e. The van der Waals surface area contributed by atoms with Gasteiger partial charge in [-0.25, -0.2) is 4.79 Å². The number of cyclic esters (lactones) is 1. The second-order valence-electron chi connectivity index (χ2n) is 3.77. The second kappa shape index (κ2) is 4.38. The number of nitrogens with one attached hydrogen (secondary N) is 1. The average Bonchev–Trinajstić information content (AvgIpc) is 2.68. The van der Waals surface area contributed by atoms with Crippen LogP contribution in [0, 0.1) is 0 Å². The van der Waals surface area contributed by atoms with Gasteiger partial charge in [0, 0.05) is 6.21 Å². The van der Waals surface area contributed by atoms with Gasteiger partial charge in [0.1, 0.15) is 6.61 Å². The minimum Gasteiger partial charge on any atom is -0.448 e. The molecule has 0 unspecified atom stereocenters. The van der Waals surface area contributed by atoms with Gasteiger partial charge in [0.2, 0.25) is 0 Å². The van der Waals surface area contributed by atoms with E-state index in [0.717, 1.165) is 11.4 Å². The van der Waals surface area contributed by atoms with Crippen LogP contribution >= 0.6 is 0 Å². The summed E-state index contributed by atoms with van der Waals surface area (Å²) >= 11 is 0. The van der Waals surface area contributed by atoms with Gasteiger partial charge >= 0.3 is 6.09 Å². The van der Waals surface area contributed by atoms with Crippen molar-refractivity contribution in [1.29, 1.82) is 0 Å². The van der Waals surface area contributed by atoms with E-state index < -0.39 is 0 Å². The summed E-state index contributed by atoms with van der Waals surface area (Å²) in [7, 11) is 0. The Kier molecular flexibility index (Phi) is 2.94. The molecule has 2 aliphatic heterocycles. The SMILES string of the molecule is C=C1NCC=N/C1=C/[C@@H](C)N1CCOC1=O. The molecule has 0 aliphatic carbocycles. The zero-order chi connectivity index (χ0) is 11.5. The van der Waals surface area contributed by atoms with Crippen LogP contribution in [0.1, 0.15) is 6.92 Å². The molecule has 2 aliphatic rings. The number of ether oxygens (including phenoxy) is 1. The Bertz CT molecular complexity index is 373. The van der Waals surface area contributed by atoms with Crippen molar-refractivity contribution in [3.05, 3.63) is 24.0 Å². The molecule has 5 heteroatoms. The maximum atomic E-state index is 11.3. The highest BCUT2D eigenvalue weighted by Gasteiger charge is 2.26. The first-order valence-electron chi connectivity index (χ1n) is 5.29. The Morgan fingerprint density at radius 3 is 3.19 bits per heavy atom. The van der Waals surface area contributed by atoms with E-state index in [-0.39, 0.29) is 12.1 Å². The van der Waals surface area contributed by atoms with Gasteiger partial charge in [-0.2, -0.15) is 0 Å². The van der Waals surface area contributed by atoms with Gasteiger partial charge in [0.25, 0.3) is 0 Å². The Balaban J connectivity index is 2.10. The summed E-state index contributed by atoms with van der Waals surface area (Å²) in [5.41, 5.74) is 1.58. The first-order valence-corrected chi connectivity index (χ1v) is 5.29. The summed E-state index contributed by atoms with van der Waals surface area (Å²) in [6.07, 6.45) is 3.44. The Hall–Kier alpha value is -1.78. The number of carbonyl (C=O) groups excluding carboxylic acids is 1. The van der Waals surface area contributed by atoms with Gasteiger partial charge < -0.3 is 10.1 Å². The zero-order valence-electron chi connectivity index (χ0n) is 9.27. The largest absolute Gasteiger partial charge is 0.448 e. The third-order valence-electron chi connectivity index (χ3n) is 2.63. The fraction of sp³-hybridized carbons (Fsp3) is 0.455. The quantitative estimate of drug-likeness (QED) is 0.753. The minimum atomic E-state index is -0.261. The van der Waals surface area contributed by atoms with E-state index in [9.17, 15) is 4.79 Å². The maximum absolute atomic E-state index is 11.3. The predicted octanol–water partition coefficient (Wildman–Crippen LogP) is 0.899. The lowest BCUT2D eigenvalue weighted by Crippen LogP contribution is -2.33. The zero-order valence-corrected chi connectivity index (χ0v) is 9.27. The topological polar surface area (TPSA) is 53.9 Å². The lowest BCUT2D eigenvalue weighted by atomic mass is 10.2. The monoisotopic (exact) mass is 221 g/mol. The molecule has 1 N–H and O–H groups in total. The molecular weight excluding hydrogens is 206 g/mol. The lowest BCUT2D eigenvalue weighted by Gasteiger charge is -2.20. The number of carbonyl (C=O) groups is 1. The van der Waals surface area contributed by atoms with Gasteiger partial charge in [0.05, 0.1) is 30.5 Å². The number of aliphatic imine (C=N–C) groups is 1. The van der Waals surface area contributed by atoms with Crippen molar-refractivity contribution >= 4 is 12.3 Å². The van der Waals surface area contributed by atoms with Crippen LogP contribution in [0.5, 0.6) is 0 Å². The molecule has 16 heavy (non-hydrogen) atoms. The molecule has 2 heterocycles. The summed E-state index contributed by atoms with van der Waals surface area (Å²) < 4.78 is 4.88. The molecule has 1 fully saturated rings. The van der Waals surface area contributed by atoms with Crippen molar-refractivity contribution in [2.75, 3.05) is 19.7 Å². The van der Waals surface area contributed by atoms with Crippen LogP contribution in [0.4, 0.5) is 4.79 Å². The molecule has 1 saturated heterocycles. The van der Waals surface area contributed by atoms with Gasteiger partial charge in [-0.3, -0.25) is 9.89 Å². The van der Waals surface area contributed by atoms with Gasteiger partial charge in [-0.05, 0) is 13.0 Å². The van der Waals surface area contributed by atoms with E-state index in [1.54, 1.807) is 11.1 Å². The number of nitrogens with zero attached hydrogens (tertiary/aromatic N) is 2. The van der Waals surface area contributed by atoms with Crippen molar-refractivity contribution in [3.63, 3.8) is 0 Å². The summed E-state index contributed by atoms with van der Waals surface area (Å²) in [5, 5.41) is 3.09. The number of rotatable bonds is 2. The van der Waals surface area contributed by atoms with E-state index in [2.05, 4.69) is 16.9 Å². The number of hydrogen-bond donors (Lipinski definition) is 1. The highest BCUT2D eigenvalue weighted by molar-refractivity contribution is 5.70. The molecule has 0 saturated carbocycles. The fourth-order valence-electron chi connectivity index (χ4n) is 1.72. The molecule has 1 amide bonds. The van der Waals surface area contributed by atoms with Gasteiger partial charge in [-0.15, -0.1) is 0 Å². The van der Waals surface area contributed by atoms with Crippen molar-refractivity contribution in [1.82, 2.24) is 10.2 Å². The summed E-state index contributed by atoms with van der Waals surface area (Å²) in [5.74, 6) is 0. The fourth-order valence-corrected chi connectivity index (χ4v) is 1.72. The van der Waals surface area contributed by atoms with Crippen LogP contribution in [-0.2, 0) is 4.74 Å². The highest BCUT2D eigenvalue weighted by atomic mass is 16.6. The summed E-state index contributed by atoms with van der Waals surface area (Å²) in [6, 6.07) is -0.0289. The summed E-state index contributed by atoms with van der Waals surface area (Å²) in [4.78, 5) is 17.3. The van der Waals surface area contributed by atoms with E-state index in [0.29, 0.717) is 19.7 Å². The Morgan fingerprint density at radius 2 is 2.56 bits per heavy atom. The summed E-state index contributed by atoms with van der Waals surface area (Å²) in [6.45, 7) is 7.61. The third-order valence-corrected chi connectivity index (χ3v) is 2.63. The van der Waals surface area contributed by atoms with E-state index in [1.807, 2.05) is 13.0 Å². The number of hydrogen-bond acceptors (Lipinski definition) is 4. The molecule has 86 valence electrons. The average molecular weight is 221 g/mol. The van der Waals surface area contributed by atoms with E-state index >= 15 is 0 Å². The second-order valence-corrected chi connectivity index (χ2v) is 3.77.